The van der Waals surface area contributed by atoms with Crippen LogP contribution in [0.4, 0.5) is 0 Å². The summed E-state index contributed by atoms with van der Waals surface area (Å²) in [5, 5.41) is 0. The minimum atomic E-state index is 0.197. The van der Waals surface area contributed by atoms with Gasteiger partial charge >= 0.3 is 0 Å². The molecule has 1 aromatic carbocycles. The van der Waals surface area contributed by atoms with Gasteiger partial charge in [-0.2, -0.15) is 0 Å². The number of hydrogen-bond donors (Lipinski definition) is 0. The number of unbranched alkanes of at least 4 members (excludes halogenated alkanes) is 7. The molecule has 2 nitrogen and oxygen atoms in total. The summed E-state index contributed by atoms with van der Waals surface area (Å²) in [6.45, 7) is 9.41. The number of likely N-dealkylation sites (N-methyl/N-ethyl adjacent to an activating group) is 1. The maximum atomic E-state index is 12.8. The summed E-state index contributed by atoms with van der Waals surface area (Å²) in [5.41, 5.74) is 2.16. The number of hydrogen-bond acceptors (Lipinski definition) is 1. The Balaban J connectivity index is 2.51. The molecule has 0 aliphatic heterocycles. The first-order chi connectivity index (χ1) is 12.7. The lowest BCUT2D eigenvalue weighted by Gasteiger charge is -2.20. The van der Waals surface area contributed by atoms with Crippen molar-refractivity contribution in [2.24, 2.45) is 0 Å². The smallest absolute Gasteiger partial charge is 0.249 e. The second-order valence-electron chi connectivity index (χ2n) is 6.86. The first kappa shape index (κ1) is 22.2. The van der Waals surface area contributed by atoms with Gasteiger partial charge < -0.3 is 4.90 Å². The average molecular weight is 356 g/mol. The number of allylic oxidation sites excluding steroid dienone is 2. The van der Waals surface area contributed by atoms with Crippen molar-refractivity contribution in [3.63, 3.8) is 0 Å². The van der Waals surface area contributed by atoms with Gasteiger partial charge in [0.25, 0.3) is 0 Å². The largest absolute Gasteiger partial charge is 0.339 e. The predicted octanol–water partition coefficient (Wildman–Crippen LogP) is 6.33. The number of benzene rings is 1. The Bertz CT molecular complexity index is 528. The summed E-state index contributed by atoms with van der Waals surface area (Å²) in [6.07, 6.45) is 14.7. The van der Waals surface area contributed by atoms with Crippen molar-refractivity contribution >= 4 is 5.91 Å². The molecule has 0 N–H and O–H groups in total. The summed E-state index contributed by atoms with van der Waals surface area (Å²) in [4.78, 5) is 14.8. The molecule has 0 aliphatic carbocycles. The van der Waals surface area contributed by atoms with E-state index in [1.165, 1.54) is 44.1 Å². The van der Waals surface area contributed by atoms with Crippen molar-refractivity contribution in [3.05, 3.63) is 60.2 Å². The van der Waals surface area contributed by atoms with Crippen LogP contribution in [0.25, 0.3) is 0 Å². The van der Waals surface area contributed by atoms with Crippen LogP contribution in [-0.2, 0) is 11.2 Å². The number of nitrogens with zero attached hydrogens (tertiary/aromatic N) is 1. The molecule has 0 fully saturated rings. The van der Waals surface area contributed by atoms with Gasteiger partial charge in [-0.05, 0) is 45.1 Å². The van der Waals surface area contributed by atoms with E-state index in [4.69, 9.17) is 0 Å². The van der Waals surface area contributed by atoms with Gasteiger partial charge in [0.05, 0.1) is 0 Å². The molecule has 26 heavy (non-hydrogen) atoms. The lowest BCUT2D eigenvalue weighted by Crippen LogP contribution is -2.32. The van der Waals surface area contributed by atoms with Gasteiger partial charge in [0, 0.05) is 25.1 Å². The summed E-state index contributed by atoms with van der Waals surface area (Å²) >= 11 is 0. The topological polar surface area (TPSA) is 20.3 Å². The standard InChI is InChI=1S/C24H37NO/c1-4-7-8-9-10-11-12-13-17-20-23(24(26)25(5-2)6-3)21-22-18-15-14-16-19-22/h4,14-16,18-20H,1,5-13,17,21H2,2-3H3/b23-20+. The van der Waals surface area contributed by atoms with Crippen LogP contribution >= 0.6 is 0 Å². The van der Waals surface area contributed by atoms with Crippen molar-refractivity contribution in [3.8, 4) is 0 Å². The summed E-state index contributed by atoms with van der Waals surface area (Å²) in [7, 11) is 0. The molecule has 0 spiro atoms. The quantitative estimate of drug-likeness (QED) is 0.217. The predicted molar refractivity (Wildman–Crippen MR) is 113 cm³/mol. The molecule has 0 radical (unpaired) electrons. The Morgan fingerprint density at radius 3 is 2.08 bits per heavy atom. The molecular weight excluding hydrogens is 318 g/mol. The average Bonchev–Trinajstić information content (AvgIpc) is 2.67. The lowest BCUT2D eigenvalue weighted by atomic mass is 10.0. The second-order valence-corrected chi connectivity index (χ2v) is 6.86. The molecule has 0 aliphatic rings. The number of carbonyl (C=O) groups is 1. The van der Waals surface area contributed by atoms with E-state index < -0.39 is 0 Å². The molecule has 1 aromatic rings. The summed E-state index contributed by atoms with van der Waals surface area (Å²) in [5.74, 6) is 0.197. The molecule has 1 amide bonds. The highest BCUT2D eigenvalue weighted by Gasteiger charge is 2.15. The van der Waals surface area contributed by atoms with Crippen LogP contribution in [0.3, 0.4) is 0 Å². The third-order valence-corrected chi connectivity index (χ3v) is 4.82. The third kappa shape index (κ3) is 9.03. The third-order valence-electron chi connectivity index (χ3n) is 4.82. The Kier molecular flexibility index (Phi) is 12.3. The molecule has 0 atom stereocenters. The summed E-state index contributed by atoms with van der Waals surface area (Å²) in [6, 6.07) is 10.3. The second kappa shape index (κ2) is 14.4. The zero-order chi connectivity index (χ0) is 19.0. The Hall–Kier alpha value is -1.83. The molecule has 0 aromatic heterocycles. The molecule has 0 heterocycles. The normalized spacial score (nSPS) is 11.4. The minimum Gasteiger partial charge on any atom is -0.339 e. The minimum absolute atomic E-state index is 0.197. The fourth-order valence-corrected chi connectivity index (χ4v) is 3.18. The van der Waals surface area contributed by atoms with Crippen LogP contribution in [-0.4, -0.2) is 23.9 Å². The summed E-state index contributed by atoms with van der Waals surface area (Å²) < 4.78 is 0. The van der Waals surface area contributed by atoms with E-state index in [9.17, 15) is 4.79 Å². The van der Waals surface area contributed by atoms with E-state index in [1.807, 2.05) is 43.0 Å². The van der Waals surface area contributed by atoms with E-state index in [0.717, 1.165) is 37.9 Å². The first-order valence-electron chi connectivity index (χ1n) is 10.4. The van der Waals surface area contributed by atoms with Crippen LogP contribution in [0.1, 0.15) is 70.8 Å². The SMILES string of the molecule is C=CCCCCCCCC/C=C(\Cc1ccccc1)C(=O)N(CC)CC. The molecule has 0 saturated heterocycles. The van der Waals surface area contributed by atoms with E-state index in [2.05, 4.69) is 24.8 Å². The number of rotatable bonds is 14. The Morgan fingerprint density at radius 2 is 1.50 bits per heavy atom. The molecular formula is C24H37NO. The zero-order valence-corrected chi connectivity index (χ0v) is 16.9. The van der Waals surface area contributed by atoms with Gasteiger partial charge in [0.15, 0.2) is 0 Å². The van der Waals surface area contributed by atoms with Gasteiger partial charge in [0.1, 0.15) is 0 Å². The van der Waals surface area contributed by atoms with Crippen LogP contribution in [0.2, 0.25) is 0 Å². The van der Waals surface area contributed by atoms with E-state index >= 15 is 0 Å². The van der Waals surface area contributed by atoms with Crippen molar-refractivity contribution in [1.82, 2.24) is 4.90 Å². The first-order valence-corrected chi connectivity index (χ1v) is 10.4. The van der Waals surface area contributed by atoms with Gasteiger partial charge in [-0.3, -0.25) is 4.79 Å². The van der Waals surface area contributed by atoms with Crippen molar-refractivity contribution in [2.75, 3.05) is 13.1 Å². The highest BCUT2D eigenvalue weighted by atomic mass is 16.2. The fourth-order valence-electron chi connectivity index (χ4n) is 3.18. The Morgan fingerprint density at radius 1 is 0.923 bits per heavy atom. The highest BCUT2D eigenvalue weighted by molar-refractivity contribution is 5.93. The maximum Gasteiger partial charge on any atom is 0.249 e. The molecule has 144 valence electrons. The number of amides is 1. The zero-order valence-electron chi connectivity index (χ0n) is 16.9. The van der Waals surface area contributed by atoms with Crippen LogP contribution in [0, 0.1) is 0 Å². The van der Waals surface area contributed by atoms with Crippen molar-refractivity contribution in [2.45, 2.75) is 71.6 Å². The van der Waals surface area contributed by atoms with Gasteiger partial charge in [-0.15, -0.1) is 6.58 Å². The molecule has 1 rings (SSSR count). The Labute approximate surface area is 161 Å². The molecule has 0 unspecified atom stereocenters. The molecule has 0 saturated carbocycles. The van der Waals surface area contributed by atoms with E-state index in [1.54, 1.807) is 0 Å². The fraction of sp³-hybridized carbons (Fsp3) is 0.542. The maximum absolute atomic E-state index is 12.8. The molecule has 2 heteroatoms. The van der Waals surface area contributed by atoms with Crippen LogP contribution < -0.4 is 0 Å². The highest BCUT2D eigenvalue weighted by Crippen LogP contribution is 2.15. The van der Waals surface area contributed by atoms with Gasteiger partial charge in [-0.25, -0.2) is 0 Å². The molecule has 0 bridgehead atoms. The van der Waals surface area contributed by atoms with Gasteiger partial charge in [-0.1, -0.05) is 68.2 Å². The van der Waals surface area contributed by atoms with Crippen LogP contribution in [0.5, 0.6) is 0 Å². The monoisotopic (exact) mass is 355 g/mol. The van der Waals surface area contributed by atoms with E-state index in [0.29, 0.717) is 0 Å². The van der Waals surface area contributed by atoms with Gasteiger partial charge in [0.2, 0.25) is 5.91 Å². The lowest BCUT2D eigenvalue weighted by molar-refractivity contribution is -0.126. The number of carbonyl (C=O) groups excluding carboxylic acids is 1. The van der Waals surface area contributed by atoms with E-state index in [-0.39, 0.29) is 5.91 Å². The van der Waals surface area contributed by atoms with Crippen LogP contribution in [0.15, 0.2) is 54.6 Å². The van der Waals surface area contributed by atoms with Crippen molar-refractivity contribution < 1.29 is 4.79 Å². The van der Waals surface area contributed by atoms with Crippen molar-refractivity contribution in [1.29, 1.82) is 0 Å².